The lowest BCUT2D eigenvalue weighted by atomic mass is 10.1. The molecule has 0 bridgehead atoms. The van der Waals surface area contributed by atoms with Crippen LogP contribution < -0.4 is 11.1 Å². The van der Waals surface area contributed by atoms with Crippen LogP contribution in [-0.4, -0.2) is 29.5 Å². The lowest BCUT2D eigenvalue weighted by Gasteiger charge is -2.11. The summed E-state index contributed by atoms with van der Waals surface area (Å²) in [6.07, 6.45) is 3.50. The molecule has 6 nitrogen and oxygen atoms in total. The van der Waals surface area contributed by atoms with Gasteiger partial charge in [0.25, 0.3) is 5.91 Å². The fraction of sp³-hybridized carbons (Fsp3) is 0.235. The van der Waals surface area contributed by atoms with E-state index in [4.69, 9.17) is 10.5 Å². The molecule has 0 fully saturated rings. The quantitative estimate of drug-likeness (QED) is 0.793. The molecule has 3 N–H and O–H groups in total. The van der Waals surface area contributed by atoms with Gasteiger partial charge in [0.15, 0.2) is 0 Å². The third kappa shape index (κ3) is 4.89. The number of pyridine rings is 1. The van der Waals surface area contributed by atoms with Crippen molar-refractivity contribution in [1.29, 1.82) is 0 Å². The number of carbonyl (C=O) groups is 2. The van der Waals surface area contributed by atoms with E-state index in [1.807, 2.05) is 12.1 Å². The first kappa shape index (κ1) is 16.6. The number of rotatable bonds is 6. The Labute approximate surface area is 134 Å². The third-order valence-corrected chi connectivity index (χ3v) is 3.18. The number of ether oxygens (including phenoxy) is 1. The van der Waals surface area contributed by atoms with Gasteiger partial charge in [-0.15, -0.1) is 0 Å². The molecular formula is C17H19N3O3. The Balaban J connectivity index is 1.94. The second-order valence-electron chi connectivity index (χ2n) is 4.96. The number of hydrogen-bond donors (Lipinski definition) is 2. The Bertz CT molecular complexity index is 657. The first-order valence-corrected chi connectivity index (χ1v) is 7.32. The van der Waals surface area contributed by atoms with Crippen molar-refractivity contribution in [2.24, 2.45) is 5.73 Å². The van der Waals surface area contributed by atoms with E-state index in [1.165, 1.54) is 6.20 Å². The molecule has 1 atom stereocenters. The van der Waals surface area contributed by atoms with Crippen LogP contribution >= 0.6 is 0 Å². The molecule has 0 aliphatic carbocycles. The van der Waals surface area contributed by atoms with Crippen LogP contribution in [-0.2, 0) is 16.0 Å². The zero-order valence-corrected chi connectivity index (χ0v) is 12.9. The molecule has 1 heterocycles. The highest BCUT2D eigenvalue weighted by molar-refractivity contribution is 6.04. The molecule has 0 spiro atoms. The summed E-state index contributed by atoms with van der Waals surface area (Å²) in [5.74, 6) is -0.643. The second kappa shape index (κ2) is 8.05. The van der Waals surface area contributed by atoms with Crippen molar-refractivity contribution in [2.45, 2.75) is 19.4 Å². The predicted octanol–water partition coefficient (Wildman–Crippen LogP) is 1.77. The molecule has 0 saturated carbocycles. The van der Waals surface area contributed by atoms with Gasteiger partial charge in [-0.1, -0.05) is 12.1 Å². The van der Waals surface area contributed by atoms with E-state index in [0.717, 1.165) is 5.56 Å². The van der Waals surface area contributed by atoms with E-state index in [9.17, 15) is 9.59 Å². The monoisotopic (exact) mass is 313 g/mol. The third-order valence-electron chi connectivity index (χ3n) is 3.18. The van der Waals surface area contributed by atoms with Crippen LogP contribution in [0.25, 0.3) is 0 Å². The van der Waals surface area contributed by atoms with E-state index in [2.05, 4.69) is 10.3 Å². The molecule has 0 aliphatic heterocycles. The molecule has 23 heavy (non-hydrogen) atoms. The summed E-state index contributed by atoms with van der Waals surface area (Å²) in [7, 11) is 0. The maximum Gasteiger partial charge on any atom is 0.323 e. The lowest BCUT2D eigenvalue weighted by molar-refractivity contribution is -0.144. The number of esters is 1. The fourth-order valence-electron chi connectivity index (χ4n) is 2.01. The van der Waals surface area contributed by atoms with Crippen molar-refractivity contribution in [3.05, 3.63) is 59.9 Å². The van der Waals surface area contributed by atoms with E-state index >= 15 is 0 Å². The van der Waals surface area contributed by atoms with Gasteiger partial charge in [0.2, 0.25) is 0 Å². The van der Waals surface area contributed by atoms with Crippen molar-refractivity contribution >= 4 is 17.6 Å². The van der Waals surface area contributed by atoms with Crippen LogP contribution in [0.1, 0.15) is 22.8 Å². The van der Waals surface area contributed by atoms with Gasteiger partial charge in [0, 0.05) is 18.1 Å². The van der Waals surface area contributed by atoms with Crippen LogP contribution in [0.2, 0.25) is 0 Å². The van der Waals surface area contributed by atoms with E-state index in [-0.39, 0.29) is 5.91 Å². The SMILES string of the molecule is CCOC(=O)[C@@H](N)Cc1ccc(NC(=O)c2cccnc2)cc1. The lowest BCUT2D eigenvalue weighted by Crippen LogP contribution is -2.34. The highest BCUT2D eigenvalue weighted by atomic mass is 16.5. The molecule has 1 amide bonds. The molecule has 120 valence electrons. The molecule has 2 aromatic rings. The number of anilines is 1. The normalized spacial score (nSPS) is 11.6. The summed E-state index contributed by atoms with van der Waals surface area (Å²) in [4.78, 5) is 27.4. The summed E-state index contributed by atoms with van der Waals surface area (Å²) < 4.78 is 4.87. The summed E-state index contributed by atoms with van der Waals surface area (Å²) in [6.45, 7) is 2.05. The zero-order chi connectivity index (χ0) is 16.7. The summed E-state index contributed by atoms with van der Waals surface area (Å²) >= 11 is 0. The number of nitrogens with one attached hydrogen (secondary N) is 1. The molecular weight excluding hydrogens is 294 g/mol. The van der Waals surface area contributed by atoms with Gasteiger partial charge in [-0.25, -0.2) is 0 Å². The van der Waals surface area contributed by atoms with Gasteiger partial charge in [-0.2, -0.15) is 0 Å². The van der Waals surface area contributed by atoms with E-state index in [0.29, 0.717) is 24.3 Å². The Kier molecular flexibility index (Phi) is 5.82. The minimum atomic E-state index is -0.689. The van der Waals surface area contributed by atoms with Gasteiger partial charge in [0.05, 0.1) is 12.2 Å². The molecule has 0 saturated heterocycles. The average molecular weight is 313 g/mol. The Morgan fingerprint density at radius 1 is 1.26 bits per heavy atom. The van der Waals surface area contributed by atoms with E-state index in [1.54, 1.807) is 37.4 Å². The van der Waals surface area contributed by atoms with Gasteiger partial charge in [0.1, 0.15) is 6.04 Å². The zero-order valence-electron chi connectivity index (χ0n) is 12.9. The summed E-state index contributed by atoms with van der Waals surface area (Å²) in [5.41, 5.74) is 7.82. The van der Waals surface area contributed by atoms with Gasteiger partial charge in [-0.3, -0.25) is 14.6 Å². The van der Waals surface area contributed by atoms with Crippen LogP contribution in [0.15, 0.2) is 48.8 Å². The van der Waals surface area contributed by atoms with Crippen LogP contribution in [0.5, 0.6) is 0 Å². The van der Waals surface area contributed by atoms with Crippen molar-refractivity contribution < 1.29 is 14.3 Å². The number of aromatic nitrogens is 1. The van der Waals surface area contributed by atoms with Crippen molar-refractivity contribution in [2.75, 3.05) is 11.9 Å². The van der Waals surface area contributed by atoms with E-state index < -0.39 is 12.0 Å². The number of nitrogens with two attached hydrogens (primary N) is 1. The maximum absolute atomic E-state index is 12.0. The Hall–Kier alpha value is -2.73. The minimum absolute atomic E-state index is 0.228. The molecule has 6 heteroatoms. The fourth-order valence-corrected chi connectivity index (χ4v) is 2.01. The summed E-state index contributed by atoms with van der Waals surface area (Å²) in [5, 5.41) is 2.78. The first-order valence-electron chi connectivity index (χ1n) is 7.32. The number of hydrogen-bond acceptors (Lipinski definition) is 5. The smallest absolute Gasteiger partial charge is 0.323 e. The Morgan fingerprint density at radius 3 is 2.61 bits per heavy atom. The molecule has 0 radical (unpaired) electrons. The largest absolute Gasteiger partial charge is 0.465 e. The topological polar surface area (TPSA) is 94.3 Å². The molecule has 1 aromatic heterocycles. The number of amides is 1. The van der Waals surface area contributed by atoms with Crippen molar-refractivity contribution in [3.63, 3.8) is 0 Å². The van der Waals surface area contributed by atoms with Gasteiger partial charge >= 0.3 is 5.97 Å². The van der Waals surface area contributed by atoms with Crippen molar-refractivity contribution in [1.82, 2.24) is 4.98 Å². The average Bonchev–Trinajstić information content (AvgIpc) is 2.57. The Morgan fingerprint density at radius 2 is 2.00 bits per heavy atom. The molecule has 2 rings (SSSR count). The van der Waals surface area contributed by atoms with Crippen LogP contribution in [0.4, 0.5) is 5.69 Å². The van der Waals surface area contributed by atoms with Crippen LogP contribution in [0, 0.1) is 0 Å². The number of nitrogens with zero attached hydrogens (tertiary/aromatic N) is 1. The van der Waals surface area contributed by atoms with Gasteiger partial charge in [-0.05, 0) is 43.2 Å². The van der Waals surface area contributed by atoms with Crippen LogP contribution in [0.3, 0.4) is 0 Å². The molecule has 1 aromatic carbocycles. The summed E-state index contributed by atoms with van der Waals surface area (Å²) in [6, 6.07) is 9.87. The molecule has 0 unspecified atom stereocenters. The highest BCUT2D eigenvalue weighted by Crippen LogP contribution is 2.12. The maximum atomic E-state index is 12.0. The second-order valence-corrected chi connectivity index (χ2v) is 4.96. The number of benzene rings is 1. The standard InChI is InChI=1S/C17H19N3O3/c1-2-23-17(22)15(18)10-12-5-7-14(8-6-12)20-16(21)13-4-3-9-19-11-13/h3-9,11,15H,2,10,18H2,1H3,(H,20,21)/t15-/m0/s1. The van der Waals surface area contributed by atoms with Crippen molar-refractivity contribution in [3.8, 4) is 0 Å². The van der Waals surface area contributed by atoms with Gasteiger partial charge < -0.3 is 15.8 Å². The first-order chi connectivity index (χ1) is 11.1. The highest BCUT2D eigenvalue weighted by Gasteiger charge is 2.15. The predicted molar refractivity (Wildman–Crippen MR) is 86.9 cm³/mol. The number of carbonyl (C=O) groups excluding carboxylic acids is 2. The molecule has 0 aliphatic rings. The minimum Gasteiger partial charge on any atom is -0.465 e.